The average molecular weight is 258 g/mol. The molecule has 1 aromatic heterocycles. The Morgan fingerprint density at radius 1 is 1.72 bits per heavy atom. The maximum atomic E-state index is 11.4. The lowest BCUT2D eigenvalue weighted by Crippen LogP contribution is -2.44. The summed E-state index contributed by atoms with van der Waals surface area (Å²) in [6.07, 6.45) is 2.17. The van der Waals surface area contributed by atoms with Gasteiger partial charge in [-0.2, -0.15) is 5.10 Å². The Morgan fingerprint density at radius 3 is 2.89 bits per heavy atom. The van der Waals surface area contributed by atoms with E-state index in [0.29, 0.717) is 0 Å². The predicted molar refractivity (Wildman–Crippen MR) is 59.6 cm³/mol. The molecule has 100 valence electrons. The molecule has 9 nitrogen and oxygen atoms in total. The largest absolute Gasteiger partial charge is 0.393 e. The zero-order valence-corrected chi connectivity index (χ0v) is 9.74. The van der Waals surface area contributed by atoms with Crippen molar-refractivity contribution in [2.75, 3.05) is 13.2 Å². The van der Waals surface area contributed by atoms with Crippen LogP contribution < -0.4 is 5.32 Å². The number of rotatable bonds is 6. The predicted octanol–water partition coefficient (Wildman–Crippen LogP) is -1.35. The molecule has 0 fully saturated rings. The van der Waals surface area contributed by atoms with E-state index in [2.05, 4.69) is 10.4 Å². The van der Waals surface area contributed by atoms with E-state index in [4.69, 9.17) is 5.11 Å². The number of aromatic nitrogens is 2. The molecule has 1 amide bonds. The fourth-order valence-electron chi connectivity index (χ4n) is 1.08. The van der Waals surface area contributed by atoms with Gasteiger partial charge in [-0.15, -0.1) is 0 Å². The molecule has 0 spiro atoms. The minimum atomic E-state index is -1.40. The second-order valence-corrected chi connectivity index (χ2v) is 4.09. The summed E-state index contributed by atoms with van der Waals surface area (Å²) in [6, 6.07) is 0. The van der Waals surface area contributed by atoms with Gasteiger partial charge < -0.3 is 15.5 Å². The number of aliphatic hydroxyl groups excluding tert-OH is 1. The number of aliphatic hydroxyl groups is 2. The maximum Gasteiger partial charge on any atom is 0.307 e. The van der Waals surface area contributed by atoms with E-state index in [1.165, 1.54) is 6.92 Å². The Hall–Kier alpha value is -2.00. The third kappa shape index (κ3) is 4.11. The first kappa shape index (κ1) is 14.1. The van der Waals surface area contributed by atoms with E-state index < -0.39 is 23.0 Å². The minimum absolute atomic E-state index is 0.119. The van der Waals surface area contributed by atoms with Crippen LogP contribution in [0.2, 0.25) is 0 Å². The molecule has 0 aliphatic heterocycles. The Balaban J connectivity index is 2.47. The van der Waals surface area contributed by atoms with Crippen LogP contribution in [0.3, 0.4) is 0 Å². The molecule has 0 aliphatic rings. The summed E-state index contributed by atoms with van der Waals surface area (Å²) in [5.41, 5.74) is -1.60. The molecule has 0 radical (unpaired) electrons. The van der Waals surface area contributed by atoms with Crippen molar-refractivity contribution in [3.05, 3.63) is 22.5 Å². The number of nitrogens with zero attached hydrogens (tertiary/aromatic N) is 3. The molecule has 0 saturated carbocycles. The van der Waals surface area contributed by atoms with Gasteiger partial charge in [0.2, 0.25) is 5.91 Å². The molecule has 18 heavy (non-hydrogen) atoms. The molecule has 0 saturated heterocycles. The van der Waals surface area contributed by atoms with E-state index in [1.807, 2.05) is 0 Å². The Morgan fingerprint density at radius 2 is 2.39 bits per heavy atom. The van der Waals surface area contributed by atoms with Crippen LogP contribution in [-0.2, 0) is 11.3 Å². The number of amides is 1. The van der Waals surface area contributed by atoms with E-state index >= 15 is 0 Å². The molecule has 0 bridgehead atoms. The maximum absolute atomic E-state index is 11.4. The number of nitrogens with one attached hydrogen (secondary N) is 1. The second kappa shape index (κ2) is 5.56. The van der Waals surface area contributed by atoms with Crippen molar-refractivity contribution in [1.82, 2.24) is 15.1 Å². The summed E-state index contributed by atoms with van der Waals surface area (Å²) in [7, 11) is 0. The van der Waals surface area contributed by atoms with E-state index in [9.17, 15) is 20.0 Å². The summed E-state index contributed by atoms with van der Waals surface area (Å²) < 4.78 is 1.11. The molecule has 1 heterocycles. The lowest BCUT2D eigenvalue weighted by atomic mass is 10.1. The molecule has 9 heteroatoms. The van der Waals surface area contributed by atoms with Crippen molar-refractivity contribution in [1.29, 1.82) is 0 Å². The highest BCUT2D eigenvalue weighted by molar-refractivity contribution is 5.75. The van der Waals surface area contributed by atoms with Gasteiger partial charge in [0.25, 0.3) is 0 Å². The van der Waals surface area contributed by atoms with Crippen molar-refractivity contribution < 1.29 is 19.9 Å². The first-order valence-corrected chi connectivity index (χ1v) is 5.11. The lowest BCUT2D eigenvalue weighted by Gasteiger charge is -2.20. The van der Waals surface area contributed by atoms with E-state index in [1.54, 1.807) is 0 Å². The van der Waals surface area contributed by atoms with Crippen LogP contribution in [0.4, 0.5) is 5.69 Å². The molecule has 0 aliphatic carbocycles. The van der Waals surface area contributed by atoms with Crippen molar-refractivity contribution in [3.8, 4) is 0 Å². The van der Waals surface area contributed by atoms with Crippen LogP contribution >= 0.6 is 0 Å². The van der Waals surface area contributed by atoms with Gasteiger partial charge in [0.05, 0.1) is 11.5 Å². The number of carbonyl (C=O) groups excluding carboxylic acids is 1. The topological polar surface area (TPSA) is 131 Å². The van der Waals surface area contributed by atoms with Crippen molar-refractivity contribution in [3.63, 3.8) is 0 Å². The quantitative estimate of drug-likeness (QED) is 0.427. The summed E-state index contributed by atoms with van der Waals surface area (Å²) in [4.78, 5) is 21.2. The molecule has 1 atom stereocenters. The molecular weight excluding hydrogens is 244 g/mol. The van der Waals surface area contributed by atoms with Crippen LogP contribution in [0.1, 0.15) is 6.92 Å². The highest BCUT2D eigenvalue weighted by Gasteiger charge is 2.20. The minimum Gasteiger partial charge on any atom is -0.393 e. The van der Waals surface area contributed by atoms with Crippen LogP contribution in [0.15, 0.2) is 12.4 Å². The molecular formula is C9H14N4O5. The summed E-state index contributed by atoms with van der Waals surface area (Å²) in [5, 5.41) is 34.6. The summed E-state index contributed by atoms with van der Waals surface area (Å²) in [6.45, 7) is 0.563. The van der Waals surface area contributed by atoms with E-state index in [-0.39, 0.29) is 18.8 Å². The van der Waals surface area contributed by atoms with Gasteiger partial charge >= 0.3 is 5.69 Å². The second-order valence-electron chi connectivity index (χ2n) is 4.09. The van der Waals surface area contributed by atoms with Crippen LogP contribution in [-0.4, -0.2) is 49.6 Å². The van der Waals surface area contributed by atoms with Gasteiger partial charge in [-0.1, -0.05) is 0 Å². The molecule has 3 N–H and O–H groups in total. The SMILES string of the molecule is CC(O)(CO)CNC(=O)Cn1cc([N+](=O)[O-])cn1. The zero-order valence-electron chi connectivity index (χ0n) is 9.74. The van der Waals surface area contributed by atoms with Gasteiger partial charge in [-0.3, -0.25) is 19.6 Å². The Kier molecular flexibility index (Phi) is 4.34. The smallest absolute Gasteiger partial charge is 0.307 e. The van der Waals surface area contributed by atoms with Crippen molar-refractivity contribution >= 4 is 11.6 Å². The lowest BCUT2D eigenvalue weighted by molar-refractivity contribution is -0.385. The molecule has 0 aromatic carbocycles. The first-order chi connectivity index (χ1) is 8.34. The third-order valence-electron chi connectivity index (χ3n) is 2.14. The number of carbonyl (C=O) groups is 1. The molecule has 1 aromatic rings. The zero-order chi connectivity index (χ0) is 13.8. The summed E-state index contributed by atoms with van der Waals surface area (Å²) >= 11 is 0. The first-order valence-electron chi connectivity index (χ1n) is 5.11. The van der Waals surface area contributed by atoms with Crippen molar-refractivity contribution in [2.45, 2.75) is 19.1 Å². The normalized spacial score (nSPS) is 13.9. The van der Waals surface area contributed by atoms with Gasteiger partial charge in [0, 0.05) is 6.54 Å². The number of hydrogen-bond donors (Lipinski definition) is 3. The van der Waals surface area contributed by atoms with Gasteiger partial charge in [-0.25, -0.2) is 0 Å². The standard InChI is InChI=1S/C9H14N4O5/c1-9(16,6-14)5-10-8(15)4-12-3-7(2-11-12)13(17)18/h2-3,14,16H,4-6H2,1H3,(H,10,15). The fraction of sp³-hybridized carbons (Fsp3) is 0.556. The van der Waals surface area contributed by atoms with Gasteiger partial charge in [0.15, 0.2) is 0 Å². The van der Waals surface area contributed by atoms with Crippen molar-refractivity contribution in [2.24, 2.45) is 0 Å². The summed E-state index contributed by atoms with van der Waals surface area (Å²) in [5.74, 6) is -0.471. The third-order valence-corrected chi connectivity index (χ3v) is 2.14. The number of nitro groups is 1. The molecule has 1 rings (SSSR count). The van der Waals surface area contributed by atoms with Crippen LogP contribution in [0.5, 0.6) is 0 Å². The van der Waals surface area contributed by atoms with Crippen LogP contribution in [0, 0.1) is 10.1 Å². The monoisotopic (exact) mass is 258 g/mol. The van der Waals surface area contributed by atoms with Crippen LogP contribution in [0.25, 0.3) is 0 Å². The van der Waals surface area contributed by atoms with Gasteiger partial charge in [-0.05, 0) is 6.92 Å². The van der Waals surface area contributed by atoms with Gasteiger partial charge in [0.1, 0.15) is 24.5 Å². The van der Waals surface area contributed by atoms with E-state index in [0.717, 1.165) is 17.1 Å². The Bertz CT molecular complexity index is 442. The highest BCUT2D eigenvalue weighted by atomic mass is 16.6. The fourth-order valence-corrected chi connectivity index (χ4v) is 1.08. The number of hydrogen-bond acceptors (Lipinski definition) is 6. The molecule has 1 unspecified atom stereocenters. The highest BCUT2D eigenvalue weighted by Crippen LogP contribution is 2.07. The Labute approximate surface area is 102 Å². The average Bonchev–Trinajstić information content (AvgIpc) is 2.75.